The molecule has 0 amide bonds. The van der Waals surface area contributed by atoms with E-state index in [1.165, 1.54) is 24.3 Å². The molecule has 0 aliphatic carbocycles. The van der Waals surface area contributed by atoms with E-state index in [4.69, 9.17) is 0 Å². The maximum atomic E-state index is 13.4. The van der Waals surface area contributed by atoms with E-state index in [-0.39, 0.29) is 12.4 Å². The third kappa shape index (κ3) is 3.04. The van der Waals surface area contributed by atoms with Crippen LogP contribution in [0, 0.1) is 17.5 Å². The summed E-state index contributed by atoms with van der Waals surface area (Å²) in [5.74, 6) is -1.64. The molecule has 0 aliphatic heterocycles. The molecule has 0 fully saturated rings. The van der Waals surface area contributed by atoms with Gasteiger partial charge in [0, 0.05) is 22.6 Å². The molecule has 0 spiro atoms. The Balaban J connectivity index is 2.13. The fraction of sp³-hybridized carbons (Fsp3) is 0.0769. The first-order chi connectivity index (χ1) is 8.56. The van der Waals surface area contributed by atoms with Crippen LogP contribution in [0.15, 0.2) is 40.9 Å². The van der Waals surface area contributed by atoms with E-state index < -0.39 is 11.6 Å². The van der Waals surface area contributed by atoms with Gasteiger partial charge in [0.05, 0.1) is 5.69 Å². The van der Waals surface area contributed by atoms with Gasteiger partial charge < -0.3 is 5.32 Å². The quantitative estimate of drug-likeness (QED) is 0.880. The number of rotatable bonds is 3. The average molecular weight is 316 g/mol. The van der Waals surface area contributed by atoms with E-state index in [2.05, 4.69) is 21.2 Å². The molecule has 5 heteroatoms. The van der Waals surface area contributed by atoms with Crippen LogP contribution in [0.3, 0.4) is 0 Å². The van der Waals surface area contributed by atoms with Crippen LogP contribution in [-0.4, -0.2) is 0 Å². The Morgan fingerprint density at radius 2 is 1.61 bits per heavy atom. The molecule has 18 heavy (non-hydrogen) atoms. The van der Waals surface area contributed by atoms with Crippen molar-refractivity contribution in [3.05, 3.63) is 63.9 Å². The third-order valence-electron chi connectivity index (χ3n) is 2.41. The van der Waals surface area contributed by atoms with Crippen LogP contribution >= 0.6 is 15.9 Å². The molecule has 0 saturated carbocycles. The molecule has 0 aromatic heterocycles. The van der Waals surface area contributed by atoms with Gasteiger partial charge in [0.15, 0.2) is 0 Å². The Bertz CT molecular complexity index is 572. The van der Waals surface area contributed by atoms with Crippen molar-refractivity contribution in [3.8, 4) is 0 Å². The predicted molar refractivity (Wildman–Crippen MR) is 67.8 cm³/mol. The van der Waals surface area contributed by atoms with Crippen LogP contribution in [0.5, 0.6) is 0 Å². The van der Waals surface area contributed by atoms with E-state index in [0.29, 0.717) is 15.7 Å². The fourth-order valence-electron chi connectivity index (χ4n) is 1.49. The molecule has 0 bridgehead atoms. The predicted octanol–water partition coefficient (Wildman–Crippen LogP) is 4.48. The van der Waals surface area contributed by atoms with Crippen molar-refractivity contribution in [2.45, 2.75) is 6.54 Å². The molecular formula is C13H9BrF3N. The fourth-order valence-corrected chi connectivity index (χ4v) is 1.88. The second-order valence-corrected chi connectivity index (χ2v) is 4.57. The largest absolute Gasteiger partial charge is 0.380 e. The molecule has 1 N–H and O–H groups in total. The van der Waals surface area contributed by atoms with Gasteiger partial charge in [0.2, 0.25) is 0 Å². The summed E-state index contributed by atoms with van der Waals surface area (Å²) >= 11 is 3.25. The molecule has 0 saturated heterocycles. The van der Waals surface area contributed by atoms with Crippen LogP contribution in [0.25, 0.3) is 0 Å². The molecule has 94 valence electrons. The summed E-state index contributed by atoms with van der Waals surface area (Å²) in [6.45, 7) is 0.147. The summed E-state index contributed by atoms with van der Waals surface area (Å²) in [6.07, 6.45) is 0. The van der Waals surface area contributed by atoms with Gasteiger partial charge in [-0.05, 0) is 40.2 Å². The number of benzene rings is 2. The molecule has 0 unspecified atom stereocenters. The van der Waals surface area contributed by atoms with Crippen LogP contribution in [0.2, 0.25) is 0 Å². The molecule has 2 aromatic carbocycles. The van der Waals surface area contributed by atoms with Gasteiger partial charge in [-0.1, -0.05) is 6.07 Å². The van der Waals surface area contributed by atoms with Crippen molar-refractivity contribution < 1.29 is 13.2 Å². The van der Waals surface area contributed by atoms with Crippen molar-refractivity contribution >= 4 is 21.6 Å². The molecule has 2 rings (SSSR count). The summed E-state index contributed by atoms with van der Waals surface area (Å²) in [6, 6.07) is 7.52. The Kier molecular flexibility index (Phi) is 3.91. The summed E-state index contributed by atoms with van der Waals surface area (Å²) in [5, 5.41) is 2.88. The van der Waals surface area contributed by atoms with Gasteiger partial charge in [-0.15, -0.1) is 0 Å². The minimum atomic E-state index is -0.630. The maximum Gasteiger partial charge on any atom is 0.131 e. The molecule has 0 atom stereocenters. The highest BCUT2D eigenvalue weighted by Crippen LogP contribution is 2.24. The molecule has 1 nitrogen and oxygen atoms in total. The second-order valence-electron chi connectivity index (χ2n) is 3.71. The van der Waals surface area contributed by atoms with Crippen molar-refractivity contribution in [1.82, 2.24) is 0 Å². The van der Waals surface area contributed by atoms with E-state index in [0.717, 1.165) is 6.07 Å². The van der Waals surface area contributed by atoms with E-state index >= 15 is 0 Å². The first-order valence-corrected chi connectivity index (χ1v) is 5.98. The Morgan fingerprint density at radius 1 is 0.944 bits per heavy atom. The van der Waals surface area contributed by atoms with Crippen molar-refractivity contribution in [3.63, 3.8) is 0 Å². The Labute approximate surface area is 111 Å². The third-order valence-corrected chi connectivity index (χ3v) is 3.10. The van der Waals surface area contributed by atoms with Gasteiger partial charge in [-0.3, -0.25) is 0 Å². The van der Waals surface area contributed by atoms with Gasteiger partial charge in [-0.2, -0.15) is 0 Å². The van der Waals surface area contributed by atoms with Crippen LogP contribution in [0.1, 0.15) is 5.56 Å². The average Bonchev–Trinajstić information content (AvgIpc) is 2.32. The van der Waals surface area contributed by atoms with Gasteiger partial charge in [-0.25, -0.2) is 13.2 Å². The van der Waals surface area contributed by atoms with Crippen molar-refractivity contribution in [1.29, 1.82) is 0 Å². The first kappa shape index (κ1) is 13.0. The lowest BCUT2D eigenvalue weighted by Gasteiger charge is -2.09. The Hall–Kier alpha value is -1.49. The van der Waals surface area contributed by atoms with Crippen molar-refractivity contribution in [2.75, 3.05) is 5.32 Å². The molecule has 0 radical (unpaired) electrons. The van der Waals surface area contributed by atoms with Crippen molar-refractivity contribution in [2.24, 2.45) is 0 Å². The summed E-state index contributed by atoms with van der Waals surface area (Å²) < 4.78 is 39.8. The number of anilines is 1. The lowest BCUT2D eigenvalue weighted by Crippen LogP contribution is -2.03. The minimum absolute atomic E-state index is 0.147. The normalized spacial score (nSPS) is 10.4. The van der Waals surface area contributed by atoms with E-state index in [9.17, 15) is 13.2 Å². The lowest BCUT2D eigenvalue weighted by molar-refractivity contribution is 0.574. The SMILES string of the molecule is Fc1ccc(CNc2cc(F)ccc2Br)c(F)c1. The summed E-state index contributed by atoms with van der Waals surface area (Å²) in [7, 11) is 0. The van der Waals surface area contributed by atoms with E-state index in [1.807, 2.05) is 0 Å². The van der Waals surface area contributed by atoms with Crippen LogP contribution in [0.4, 0.5) is 18.9 Å². The summed E-state index contributed by atoms with van der Waals surface area (Å²) in [4.78, 5) is 0. The number of hydrogen-bond acceptors (Lipinski definition) is 1. The smallest absolute Gasteiger partial charge is 0.131 e. The second kappa shape index (κ2) is 5.44. The zero-order chi connectivity index (χ0) is 13.1. The zero-order valence-electron chi connectivity index (χ0n) is 9.18. The Morgan fingerprint density at radius 3 is 2.33 bits per heavy atom. The van der Waals surface area contributed by atoms with Gasteiger partial charge in [0.1, 0.15) is 17.5 Å². The van der Waals surface area contributed by atoms with Crippen LogP contribution in [-0.2, 0) is 6.54 Å². The maximum absolute atomic E-state index is 13.4. The highest BCUT2D eigenvalue weighted by molar-refractivity contribution is 9.10. The number of halogens is 4. The van der Waals surface area contributed by atoms with E-state index in [1.54, 1.807) is 6.07 Å². The van der Waals surface area contributed by atoms with Gasteiger partial charge in [0.25, 0.3) is 0 Å². The molecular weight excluding hydrogens is 307 g/mol. The first-order valence-electron chi connectivity index (χ1n) is 5.19. The summed E-state index contributed by atoms with van der Waals surface area (Å²) in [5.41, 5.74) is 0.825. The number of nitrogens with one attached hydrogen (secondary N) is 1. The zero-order valence-corrected chi connectivity index (χ0v) is 10.8. The minimum Gasteiger partial charge on any atom is -0.380 e. The number of hydrogen-bond donors (Lipinski definition) is 1. The monoisotopic (exact) mass is 315 g/mol. The molecule has 2 aromatic rings. The highest BCUT2D eigenvalue weighted by atomic mass is 79.9. The molecule has 0 aliphatic rings. The molecule has 0 heterocycles. The highest BCUT2D eigenvalue weighted by Gasteiger charge is 2.05. The van der Waals surface area contributed by atoms with Gasteiger partial charge >= 0.3 is 0 Å². The van der Waals surface area contributed by atoms with Crippen LogP contribution < -0.4 is 5.32 Å². The standard InChI is InChI=1S/C13H9BrF3N/c14-11-4-3-10(16)6-13(11)18-7-8-1-2-9(15)5-12(8)17/h1-6,18H,7H2. The topological polar surface area (TPSA) is 12.0 Å². The lowest BCUT2D eigenvalue weighted by atomic mass is 10.2.